The smallest absolute Gasteiger partial charge is 0.164 e. The van der Waals surface area contributed by atoms with Gasteiger partial charge in [0, 0.05) is 49.3 Å². The fourth-order valence-corrected chi connectivity index (χ4v) is 8.90. The summed E-state index contributed by atoms with van der Waals surface area (Å²) in [6.07, 6.45) is 0. The molecule has 0 amide bonds. The van der Waals surface area contributed by atoms with E-state index >= 15 is 0 Å². The highest BCUT2D eigenvalue weighted by Gasteiger charge is 2.21. The van der Waals surface area contributed by atoms with Crippen molar-refractivity contribution in [3.05, 3.63) is 200 Å². The van der Waals surface area contributed by atoms with Gasteiger partial charge in [-0.15, -0.1) is 0 Å². The first kappa shape index (κ1) is 32.4. The zero-order chi connectivity index (χ0) is 38.2. The fourth-order valence-electron chi connectivity index (χ4n) is 8.90. The Bertz CT molecular complexity index is 3490. The van der Waals surface area contributed by atoms with E-state index in [9.17, 15) is 0 Å². The SMILES string of the molecule is c1ccc(-c2nc(-c3ccccc3)nc(-c3ccc4c(-n5c6ccccc6c6cc7c(cc65)c5c6ccccc6ccc5n7-c5ccccc5)cccc4c3)n2)cc1. The summed E-state index contributed by atoms with van der Waals surface area (Å²) in [6.45, 7) is 0. The van der Waals surface area contributed by atoms with Crippen molar-refractivity contribution in [2.24, 2.45) is 0 Å². The van der Waals surface area contributed by atoms with Crippen molar-refractivity contribution in [3.8, 4) is 45.5 Å². The minimum atomic E-state index is 0.640. The van der Waals surface area contributed by atoms with Gasteiger partial charge in [0.2, 0.25) is 0 Å². The minimum absolute atomic E-state index is 0.640. The molecule has 0 aliphatic heterocycles. The van der Waals surface area contributed by atoms with E-state index in [1.54, 1.807) is 0 Å². The van der Waals surface area contributed by atoms with Crippen LogP contribution in [-0.4, -0.2) is 24.1 Å². The molecule has 0 aliphatic rings. The maximum atomic E-state index is 5.03. The first-order valence-corrected chi connectivity index (χ1v) is 19.6. The van der Waals surface area contributed by atoms with Crippen molar-refractivity contribution in [1.29, 1.82) is 0 Å². The average Bonchev–Trinajstić information content (AvgIpc) is 3.80. The number of nitrogens with zero attached hydrogens (tertiary/aromatic N) is 5. The van der Waals surface area contributed by atoms with E-state index in [2.05, 4.69) is 149 Å². The van der Waals surface area contributed by atoms with Crippen LogP contribution in [0.25, 0.3) is 111 Å². The number of rotatable bonds is 5. The predicted octanol–water partition coefficient (Wildman–Crippen LogP) is 13.4. The van der Waals surface area contributed by atoms with Crippen molar-refractivity contribution in [1.82, 2.24) is 24.1 Å². The van der Waals surface area contributed by atoms with E-state index in [1.165, 1.54) is 54.4 Å². The second kappa shape index (κ2) is 12.8. The van der Waals surface area contributed by atoms with Crippen LogP contribution in [0.1, 0.15) is 0 Å². The van der Waals surface area contributed by atoms with Gasteiger partial charge < -0.3 is 9.13 Å². The molecule has 3 heterocycles. The first-order valence-electron chi connectivity index (χ1n) is 19.6. The summed E-state index contributed by atoms with van der Waals surface area (Å²) in [4.78, 5) is 15.0. The Hall–Kier alpha value is -7.89. The van der Waals surface area contributed by atoms with Crippen LogP contribution in [0.5, 0.6) is 0 Å². The van der Waals surface area contributed by atoms with Crippen LogP contribution < -0.4 is 0 Å². The summed E-state index contributed by atoms with van der Waals surface area (Å²) >= 11 is 0. The van der Waals surface area contributed by atoms with E-state index in [4.69, 9.17) is 15.0 Å². The third-order valence-corrected chi connectivity index (χ3v) is 11.5. The van der Waals surface area contributed by atoms with Gasteiger partial charge in [-0.05, 0) is 64.7 Å². The molecule has 0 saturated heterocycles. The van der Waals surface area contributed by atoms with Gasteiger partial charge in [0.15, 0.2) is 17.5 Å². The number of para-hydroxylation sites is 2. The highest BCUT2D eigenvalue weighted by Crippen LogP contribution is 2.43. The van der Waals surface area contributed by atoms with E-state index in [1.807, 2.05) is 60.7 Å². The topological polar surface area (TPSA) is 48.5 Å². The second-order valence-electron chi connectivity index (χ2n) is 14.8. The highest BCUT2D eigenvalue weighted by molar-refractivity contribution is 6.25. The number of aromatic nitrogens is 5. The van der Waals surface area contributed by atoms with Crippen molar-refractivity contribution in [2.45, 2.75) is 0 Å². The maximum absolute atomic E-state index is 5.03. The maximum Gasteiger partial charge on any atom is 0.164 e. The predicted molar refractivity (Wildman–Crippen MR) is 240 cm³/mol. The Morgan fingerprint density at radius 1 is 0.293 bits per heavy atom. The summed E-state index contributed by atoms with van der Waals surface area (Å²) in [5.74, 6) is 1.94. The molecule has 0 unspecified atom stereocenters. The van der Waals surface area contributed by atoms with Gasteiger partial charge >= 0.3 is 0 Å². The summed E-state index contributed by atoms with van der Waals surface area (Å²) in [5, 5.41) is 9.67. The Morgan fingerprint density at radius 2 is 0.879 bits per heavy atom. The van der Waals surface area contributed by atoms with Gasteiger partial charge in [-0.25, -0.2) is 15.0 Å². The molecule has 9 aromatic carbocycles. The van der Waals surface area contributed by atoms with Crippen LogP contribution in [0.15, 0.2) is 200 Å². The molecule has 3 aromatic heterocycles. The third kappa shape index (κ3) is 5.00. The Kier molecular flexibility index (Phi) is 7.16. The molecule has 0 N–H and O–H groups in total. The molecule has 0 atom stereocenters. The number of hydrogen-bond acceptors (Lipinski definition) is 3. The van der Waals surface area contributed by atoms with Gasteiger partial charge in [0.25, 0.3) is 0 Å². The van der Waals surface area contributed by atoms with Gasteiger partial charge in [0.1, 0.15) is 0 Å². The van der Waals surface area contributed by atoms with E-state index in [-0.39, 0.29) is 0 Å². The number of benzene rings is 9. The summed E-state index contributed by atoms with van der Waals surface area (Å²) in [5.41, 5.74) is 9.84. The lowest BCUT2D eigenvalue weighted by Crippen LogP contribution is -2.00. The summed E-state index contributed by atoms with van der Waals surface area (Å²) in [6, 6.07) is 71.0. The Labute approximate surface area is 333 Å². The van der Waals surface area contributed by atoms with Crippen LogP contribution >= 0.6 is 0 Å². The van der Waals surface area contributed by atoms with Crippen molar-refractivity contribution >= 4 is 65.2 Å². The van der Waals surface area contributed by atoms with Gasteiger partial charge in [-0.1, -0.05) is 152 Å². The standard InChI is InChI=1S/C53H33N5/c1-4-16-35(17-5-1)51-54-52(36-18-6-2-7-19-36)56-53(55-51)38-27-29-40-37(31-38)20-14-26-45(40)58-46-25-13-12-24-42(46)43-32-49-44(33-48(43)58)50-41-23-11-10-15-34(41)28-30-47(50)57(49)39-21-8-3-9-22-39/h1-33H. The zero-order valence-electron chi connectivity index (χ0n) is 31.3. The quantitative estimate of drug-likeness (QED) is 0.177. The van der Waals surface area contributed by atoms with Crippen molar-refractivity contribution in [3.63, 3.8) is 0 Å². The summed E-state index contributed by atoms with van der Waals surface area (Å²) < 4.78 is 4.88. The molecule has 0 radical (unpaired) electrons. The lowest BCUT2D eigenvalue weighted by molar-refractivity contribution is 1.07. The van der Waals surface area contributed by atoms with Crippen LogP contribution in [0.3, 0.4) is 0 Å². The van der Waals surface area contributed by atoms with E-state index < -0.39 is 0 Å². The van der Waals surface area contributed by atoms with E-state index in [0.29, 0.717) is 17.5 Å². The Morgan fingerprint density at radius 3 is 1.62 bits per heavy atom. The molecule has 0 bridgehead atoms. The van der Waals surface area contributed by atoms with Gasteiger partial charge in [-0.2, -0.15) is 0 Å². The van der Waals surface area contributed by atoms with Crippen LogP contribution in [0.4, 0.5) is 0 Å². The molecular formula is C53H33N5. The van der Waals surface area contributed by atoms with Crippen LogP contribution in [-0.2, 0) is 0 Å². The monoisotopic (exact) mass is 739 g/mol. The summed E-state index contributed by atoms with van der Waals surface area (Å²) in [7, 11) is 0. The lowest BCUT2D eigenvalue weighted by atomic mass is 10.0. The molecule has 5 heteroatoms. The van der Waals surface area contributed by atoms with Crippen LogP contribution in [0.2, 0.25) is 0 Å². The van der Waals surface area contributed by atoms with Gasteiger partial charge in [-0.3, -0.25) is 0 Å². The molecule has 0 fully saturated rings. The normalized spacial score (nSPS) is 11.8. The van der Waals surface area contributed by atoms with Crippen LogP contribution in [0, 0.1) is 0 Å². The molecule has 12 aromatic rings. The van der Waals surface area contributed by atoms with Crippen molar-refractivity contribution < 1.29 is 0 Å². The molecule has 0 saturated carbocycles. The molecule has 58 heavy (non-hydrogen) atoms. The fraction of sp³-hybridized carbons (Fsp3) is 0. The first-order chi connectivity index (χ1) is 28.8. The molecule has 12 rings (SSSR count). The molecule has 270 valence electrons. The number of hydrogen-bond donors (Lipinski definition) is 0. The third-order valence-electron chi connectivity index (χ3n) is 11.5. The van der Waals surface area contributed by atoms with Crippen molar-refractivity contribution in [2.75, 3.05) is 0 Å². The largest absolute Gasteiger partial charge is 0.309 e. The number of fused-ring (bicyclic) bond motifs is 9. The molecule has 5 nitrogen and oxygen atoms in total. The Balaban J connectivity index is 1.10. The minimum Gasteiger partial charge on any atom is -0.309 e. The molecule has 0 spiro atoms. The lowest BCUT2D eigenvalue weighted by Gasteiger charge is -2.13. The van der Waals surface area contributed by atoms with Gasteiger partial charge in [0.05, 0.1) is 27.8 Å². The van der Waals surface area contributed by atoms with E-state index in [0.717, 1.165) is 38.8 Å². The molecular weight excluding hydrogens is 707 g/mol. The highest BCUT2D eigenvalue weighted by atomic mass is 15.0. The zero-order valence-corrected chi connectivity index (χ0v) is 31.3. The molecule has 0 aliphatic carbocycles. The second-order valence-corrected chi connectivity index (χ2v) is 14.8. The average molecular weight is 740 g/mol.